The molecule has 7 heteroatoms. The van der Waals surface area contributed by atoms with E-state index < -0.39 is 5.97 Å². The van der Waals surface area contributed by atoms with Crippen molar-refractivity contribution in [2.24, 2.45) is 0 Å². The second-order valence-electron chi connectivity index (χ2n) is 1.56. The van der Waals surface area contributed by atoms with Gasteiger partial charge in [-0.1, -0.05) is 0 Å². The van der Waals surface area contributed by atoms with Crippen LogP contribution >= 0.6 is 11.3 Å². The van der Waals surface area contributed by atoms with Crippen LogP contribution < -0.4 is 5.32 Å². The smallest absolute Gasteiger partial charge is 0.368 e. The van der Waals surface area contributed by atoms with Crippen LogP contribution in [0.4, 0.5) is 5.13 Å². The first-order valence-electron chi connectivity index (χ1n) is 2.98. The number of carbonyl (C=O) groups is 3. The van der Waals surface area contributed by atoms with Gasteiger partial charge in [-0.15, -0.1) is 11.3 Å². The zero-order chi connectivity index (χ0) is 10.1. The van der Waals surface area contributed by atoms with Gasteiger partial charge in [0.05, 0.1) is 0 Å². The van der Waals surface area contributed by atoms with E-state index in [1.54, 1.807) is 11.6 Å². The quantitative estimate of drug-likeness (QED) is 0.530. The first kappa shape index (κ1) is 11.2. The molecule has 70 valence electrons. The molecule has 0 radical (unpaired) electrons. The van der Waals surface area contributed by atoms with Crippen LogP contribution in [0.25, 0.3) is 0 Å². The van der Waals surface area contributed by atoms with Crippen LogP contribution in [-0.2, 0) is 14.4 Å². The van der Waals surface area contributed by atoms with Gasteiger partial charge < -0.3 is 10.4 Å². The number of amides is 1. The Bertz CT molecular complexity index is 272. The van der Waals surface area contributed by atoms with E-state index in [-0.39, 0.29) is 6.29 Å². The van der Waals surface area contributed by atoms with Crippen molar-refractivity contribution in [3.05, 3.63) is 11.6 Å². The van der Waals surface area contributed by atoms with Crippen molar-refractivity contribution < 1.29 is 19.5 Å². The first-order valence-corrected chi connectivity index (χ1v) is 3.86. The molecule has 6 nitrogen and oxygen atoms in total. The number of aliphatic carboxylic acids is 1. The highest BCUT2D eigenvalue weighted by Gasteiger charge is 1.86. The fourth-order valence-electron chi connectivity index (χ4n) is 0.345. The van der Waals surface area contributed by atoms with E-state index in [2.05, 4.69) is 10.3 Å². The Hall–Kier alpha value is -1.76. The van der Waals surface area contributed by atoms with Gasteiger partial charge in [0.2, 0.25) is 12.7 Å². The van der Waals surface area contributed by atoms with Crippen molar-refractivity contribution in [3.63, 3.8) is 0 Å². The number of aromatic nitrogens is 1. The summed E-state index contributed by atoms with van der Waals surface area (Å²) in [6.07, 6.45) is 2.08. The Morgan fingerprint density at radius 3 is 2.54 bits per heavy atom. The van der Waals surface area contributed by atoms with Gasteiger partial charge in [-0.2, -0.15) is 0 Å². The number of nitrogens with zero attached hydrogens (tertiary/aromatic N) is 1. The van der Waals surface area contributed by atoms with Crippen LogP contribution in [0.5, 0.6) is 0 Å². The molecular formula is C6H6N2O4S. The average Bonchev–Trinajstić information content (AvgIpc) is 2.59. The fraction of sp³-hybridized carbons (Fsp3) is 0. The number of anilines is 1. The Labute approximate surface area is 77.2 Å². The van der Waals surface area contributed by atoms with Gasteiger partial charge in [-0.05, 0) is 0 Å². The number of hydrogen-bond acceptors (Lipinski definition) is 5. The molecule has 1 heterocycles. The summed E-state index contributed by atoms with van der Waals surface area (Å²) >= 11 is 1.39. The molecular weight excluding hydrogens is 196 g/mol. The molecule has 2 N–H and O–H groups in total. The summed E-state index contributed by atoms with van der Waals surface area (Å²) in [5.74, 6) is -1.43. The number of carboxylic acids is 1. The van der Waals surface area contributed by atoms with Gasteiger partial charge in [0.1, 0.15) is 0 Å². The predicted octanol–water partition coefficient (Wildman–Crippen LogP) is -0.0187. The van der Waals surface area contributed by atoms with Crippen LogP contribution in [0.2, 0.25) is 0 Å². The molecule has 1 amide bonds. The lowest BCUT2D eigenvalue weighted by atomic mass is 10.8. The molecule has 13 heavy (non-hydrogen) atoms. The molecule has 0 fully saturated rings. The Morgan fingerprint density at radius 1 is 1.62 bits per heavy atom. The van der Waals surface area contributed by atoms with Gasteiger partial charge in [0.25, 0.3) is 0 Å². The van der Waals surface area contributed by atoms with Gasteiger partial charge in [-0.3, -0.25) is 9.59 Å². The van der Waals surface area contributed by atoms with Gasteiger partial charge in [-0.25, -0.2) is 9.78 Å². The molecule has 1 aromatic heterocycles. The maximum absolute atomic E-state index is 9.73. The maximum atomic E-state index is 9.73. The van der Waals surface area contributed by atoms with Crippen molar-refractivity contribution in [2.75, 3.05) is 5.32 Å². The molecule has 0 atom stereocenters. The maximum Gasteiger partial charge on any atom is 0.368 e. The van der Waals surface area contributed by atoms with Crippen molar-refractivity contribution in [3.8, 4) is 0 Å². The zero-order valence-electron chi connectivity index (χ0n) is 6.34. The highest BCUT2D eigenvalue weighted by atomic mass is 32.1. The molecule has 0 aliphatic heterocycles. The minimum Gasteiger partial charge on any atom is -0.476 e. The first-order chi connectivity index (χ1) is 6.20. The lowest BCUT2D eigenvalue weighted by molar-refractivity contribution is -0.143. The van der Waals surface area contributed by atoms with Gasteiger partial charge in [0, 0.05) is 11.6 Å². The van der Waals surface area contributed by atoms with Crippen LogP contribution in [-0.4, -0.2) is 28.8 Å². The third-order valence-corrected chi connectivity index (χ3v) is 1.42. The molecule has 1 rings (SSSR count). The van der Waals surface area contributed by atoms with E-state index in [0.29, 0.717) is 11.5 Å². The van der Waals surface area contributed by atoms with E-state index in [1.807, 2.05) is 0 Å². The fourth-order valence-corrected chi connectivity index (χ4v) is 0.834. The van der Waals surface area contributed by atoms with Crippen LogP contribution in [0, 0.1) is 0 Å². The van der Waals surface area contributed by atoms with E-state index in [4.69, 9.17) is 14.7 Å². The van der Waals surface area contributed by atoms with Gasteiger partial charge in [0.15, 0.2) is 5.13 Å². The van der Waals surface area contributed by atoms with Crippen molar-refractivity contribution in [1.29, 1.82) is 0 Å². The third kappa shape index (κ3) is 6.63. The molecule has 0 saturated heterocycles. The van der Waals surface area contributed by atoms with Crippen LogP contribution in [0.3, 0.4) is 0 Å². The van der Waals surface area contributed by atoms with E-state index >= 15 is 0 Å². The summed E-state index contributed by atoms with van der Waals surface area (Å²) in [5.41, 5.74) is 0. The van der Waals surface area contributed by atoms with E-state index in [1.165, 1.54) is 11.3 Å². The molecule has 0 saturated carbocycles. The number of thiazole rings is 1. The Balaban J connectivity index is 0.000000252. The number of rotatable bonds is 3. The summed E-state index contributed by atoms with van der Waals surface area (Å²) in [5, 5.41) is 12.2. The molecule has 1 aromatic rings. The number of carbonyl (C=O) groups excluding carboxylic acids is 2. The molecule has 0 aromatic carbocycles. The van der Waals surface area contributed by atoms with Crippen molar-refractivity contribution in [1.82, 2.24) is 4.98 Å². The Kier molecular flexibility index (Phi) is 5.98. The minimum atomic E-state index is -1.43. The lowest BCUT2D eigenvalue weighted by Gasteiger charge is -1.82. The van der Waals surface area contributed by atoms with E-state index in [9.17, 15) is 4.79 Å². The van der Waals surface area contributed by atoms with E-state index in [0.717, 1.165) is 0 Å². The standard InChI is InChI=1S/C4H4N2OS.C2H2O3/c7-3-6-4-5-1-2-8-4;3-1-2(4)5/h1-3H,(H,5,6,7);1H,(H,4,5). The van der Waals surface area contributed by atoms with Crippen molar-refractivity contribution in [2.45, 2.75) is 0 Å². The number of nitrogens with one attached hydrogen (secondary N) is 1. The molecule has 0 unspecified atom stereocenters. The summed E-state index contributed by atoms with van der Waals surface area (Å²) < 4.78 is 0. The number of carboxylic acid groups (broad SMARTS) is 1. The molecule has 0 aliphatic rings. The molecule has 0 spiro atoms. The Morgan fingerprint density at radius 2 is 2.23 bits per heavy atom. The topological polar surface area (TPSA) is 96.4 Å². The van der Waals surface area contributed by atoms with Gasteiger partial charge >= 0.3 is 5.97 Å². The summed E-state index contributed by atoms with van der Waals surface area (Å²) in [6, 6.07) is 0. The van der Waals surface area contributed by atoms with Crippen LogP contribution in [0.1, 0.15) is 0 Å². The SMILES string of the molecule is O=CC(=O)O.O=CNc1nccs1. The zero-order valence-corrected chi connectivity index (χ0v) is 7.15. The third-order valence-electron chi connectivity index (χ3n) is 0.716. The lowest BCUT2D eigenvalue weighted by Crippen LogP contribution is -1.91. The highest BCUT2D eigenvalue weighted by molar-refractivity contribution is 7.13. The summed E-state index contributed by atoms with van der Waals surface area (Å²) in [4.78, 5) is 31.4. The monoisotopic (exact) mass is 202 g/mol. The summed E-state index contributed by atoms with van der Waals surface area (Å²) in [7, 11) is 0. The predicted molar refractivity (Wildman–Crippen MR) is 45.5 cm³/mol. The highest BCUT2D eigenvalue weighted by Crippen LogP contribution is 2.07. The summed E-state index contributed by atoms with van der Waals surface area (Å²) in [6.45, 7) is 0. The minimum absolute atomic E-state index is 0.167. The van der Waals surface area contributed by atoms with Crippen LogP contribution in [0.15, 0.2) is 11.6 Å². The second-order valence-corrected chi connectivity index (χ2v) is 2.45. The molecule has 0 bridgehead atoms. The van der Waals surface area contributed by atoms with Crippen molar-refractivity contribution >= 4 is 35.1 Å². The number of aldehydes is 1. The average molecular weight is 202 g/mol. The second kappa shape index (κ2) is 6.92. The number of hydrogen-bond donors (Lipinski definition) is 2. The normalized spacial score (nSPS) is 7.69. The largest absolute Gasteiger partial charge is 0.476 e. The molecule has 0 aliphatic carbocycles.